The lowest BCUT2D eigenvalue weighted by Crippen LogP contribution is -2.49. The molecule has 0 bridgehead atoms. The van der Waals surface area contributed by atoms with Gasteiger partial charge in [0.1, 0.15) is 12.1 Å². The van der Waals surface area contributed by atoms with E-state index in [9.17, 15) is 9.59 Å². The molecule has 1 amide bonds. The van der Waals surface area contributed by atoms with E-state index in [4.69, 9.17) is 0 Å². The minimum atomic E-state index is -0.199. The Morgan fingerprint density at radius 1 is 1.04 bits per heavy atom. The molecule has 130 valence electrons. The van der Waals surface area contributed by atoms with Crippen LogP contribution in [0, 0.1) is 0 Å². The summed E-state index contributed by atoms with van der Waals surface area (Å²) in [6.45, 7) is 2.82. The van der Waals surface area contributed by atoms with Crippen LogP contribution in [0.15, 0.2) is 29.5 Å². The predicted octanol–water partition coefficient (Wildman–Crippen LogP) is 1.01. The zero-order valence-electron chi connectivity index (χ0n) is 14.1. The van der Waals surface area contributed by atoms with Crippen LogP contribution >= 0.6 is 0 Å². The second kappa shape index (κ2) is 6.66. The molecule has 4 rings (SSSR count). The number of amides is 1. The smallest absolute Gasteiger partial charge is 0.255 e. The van der Waals surface area contributed by atoms with Crippen molar-refractivity contribution < 1.29 is 4.79 Å². The number of carbonyl (C=O) groups is 1. The number of anilines is 1. The van der Waals surface area contributed by atoms with E-state index in [1.807, 2.05) is 4.90 Å². The van der Waals surface area contributed by atoms with Gasteiger partial charge in [-0.05, 0) is 31.7 Å². The molecule has 0 atom stereocenters. The van der Waals surface area contributed by atoms with Crippen LogP contribution in [0.5, 0.6) is 0 Å². The average Bonchev–Trinajstić information content (AvgIpc) is 2.68. The standard InChI is InChI=1S/C18H21N5O2/c24-16-6-5-13(11-19-16)18(25)23-9-7-22(8-10-23)17-14-3-1-2-4-15(14)20-12-21-17/h5-6,11-12H,1-4,7-10H2,(H,19,24). The summed E-state index contributed by atoms with van der Waals surface area (Å²) in [7, 11) is 0. The molecule has 2 aliphatic rings. The number of nitrogens with one attached hydrogen (secondary N) is 1. The monoisotopic (exact) mass is 339 g/mol. The minimum absolute atomic E-state index is 0.0411. The first-order chi connectivity index (χ1) is 12.2. The summed E-state index contributed by atoms with van der Waals surface area (Å²) in [5, 5.41) is 0. The van der Waals surface area contributed by atoms with Gasteiger partial charge < -0.3 is 14.8 Å². The lowest BCUT2D eigenvalue weighted by molar-refractivity contribution is 0.0746. The number of nitrogens with zero attached hydrogens (tertiary/aromatic N) is 4. The molecule has 0 unspecified atom stereocenters. The number of H-pyrrole nitrogens is 1. The fourth-order valence-electron chi connectivity index (χ4n) is 3.62. The number of aryl methyl sites for hydroxylation is 1. The second-order valence-corrected chi connectivity index (χ2v) is 6.55. The molecule has 2 aromatic heterocycles. The van der Waals surface area contributed by atoms with E-state index in [-0.39, 0.29) is 11.5 Å². The molecule has 7 heteroatoms. The van der Waals surface area contributed by atoms with Crippen molar-refractivity contribution in [2.45, 2.75) is 25.7 Å². The zero-order valence-corrected chi connectivity index (χ0v) is 14.1. The minimum Gasteiger partial charge on any atom is -0.353 e. The lowest BCUT2D eigenvalue weighted by atomic mass is 9.96. The Morgan fingerprint density at radius 3 is 2.60 bits per heavy atom. The highest BCUT2D eigenvalue weighted by Crippen LogP contribution is 2.27. The number of pyridine rings is 1. The number of hydrogen-bond donors (Lipinski definition) is 1. The van der Waals surface area contributed by atoms with E-state index in [0.717, 1.165) is 31.7 Å². The Morgan fingerprint density at radius 2 is 1.84 bits per heavy atom. The van der Waals surface area contributed by atoms with E-state index in [0.29, 0.717) is 18.7 Å². The van der Waals surface area contributed by atoms with Gasteiger partial charge in [0.25, 0.3) is 5.91 Å². The number of aromatic nitrogens is 3. The Labute approximate surface area is 145 Å². The summed E-state index contributed by atoms with van der Waals surface area (Å²) in [6.07, 6.45) is 7.62. The number of rotatable bonds is 2. The molecule has 1 saturated heterocycles. The summed E-state index contributed by atoms with van der Waals surface area (Å²) in [6, 6.07) is 2.96. The van der Waals surface area contributed by atoms with Gasteiger partial charge in [-0.1, -0.05) is 0 Å². The SMILES string of the molecule is O=C(c1ccc(=O)[nH]c1)N1CCN(c2ncnc3c2CCCC3)CC1. The van der Waals surface area contributed by atoms with Crippen molar-refractivity contribution >= 4 is 11.7 Å². The van der Waals surface area contributed by atoms with Crippen LogP contribution in [0.25, 0.3) is 0 Å². The van der Waals surface area contributed by atoms with Gasteiger partial charge in [-0.2, -0.15) is 0 Å². The van der Waals surface area contributed by atoms with Gasteiger partial charge >= 0.3 is 0 Å². The molecule has 1 fully saturated rings. The number of carbonyl (C=O) groups excluding carboxylic acids is 1. The van der Waals surface area contributed by atoms with Crippen LogP contribution in [-0.2, 0) is 12.8 Å². The number of piperazine rings is 1. The third-order valence-corrected chi connectivity index (χ3v) is 5.00. The quantitative estimate of drug-likeness (QED) is 0.883. The molecule has 0 aromatic carbocycles. The van der Waals surface area contributed by atoms with E-state index < -0.39 is 0 Å². The first kappa shape index (κ1) is 15.8. The molecular weight excluding hydrogens is 318 g/mol. The van der Waals surface area contributed by atoms with Crippen LogP contribution < -0.4 is 10.5 Å². The molecule has 3 heterocycles. The molecule has 1 N–H and O–H groups in total. The van der Waals surface area contributed by atoms with E-state index in [2.05, 4.69) is 19.9 Å². The van der Waals surface area contributed by atoms with Crippen molar-refractivity contribution in [2.24, 2.45) is 0 Å². The Kier molecular flexibility index (Phi) is 4.21. The molecule has 2 aromatic rings. The highest BCUT2D eigenvalue weighted by atomic mass is 16.2. The van der Waals surface area contributed by atoms with Gasteiger partial charge in [-0.3, -0.25) is 9.59 Å². The van der Waals surface area contributed by atoms with E-state index >= 15 is 0 Å². The summed E-state index contributed by atoms with van der Waals surface area (Å²) in [5.41, 5.74) is 2.79. The summed E-state index contributed by atoms with van der Waals surface area (Å²) >= 11 is 0. The van der Waals surface area contributed by atoms with Crippen LogP contribution in [-0.4, -0.2) is 51.9 Å². The van der Waals surface area contributed by atoms with Crippen LogP contribution in [0.3, 0.4) is 0 Å². The predicted molar refractivity (Wildman–Crippen MR) is 93.9 cm³/mol. The van der Waals surface area contributed by atoms with Crippen molar-refractivity contribution in [3.05, 3.63) is 51.8 Å². The molecular formula is C18H21N5O2. The van der Waals surface area contributed by atoms with Gasteiger partial charge in [-0.15, -0.1) is 0 Å². The summed E-state index contributed by atoms with van der Waals surface area (Å²) in [5.74, 6) is 1.00. The first-order valence-corrected chi connectivity index (χ1v) is 8.78. The third-order valence-electron chi connectivity index (χ3n) is 5.00. The van der Waals surface area contributed by atoms with Crippen molar-refractivity contribution in [3.8, 4) is 0 Å². The van der Waals surface area contributed by atoms with Crippen molar-refractivity contribution in [3.63, 3.8) is 0 Å². The van der Waals surface area contributed by atoms with Crippen molar-refractivity contribution in [1.82, 2.24) is 19.9 Å². The fourth-order valence-corrected chi connectivity index (χ4v) is 3.62. The molecule has 0 radical (unpaired) electrons. The average molecular weight is 339 g/mol. The highest BCUT2D eigenvalue weighted by Gasteiger charge is 2.26. The maximum absolute atomic E-state index is 12.5. The van der Waals surface area contributed by atoms with E-state index in [1.54, 1.807) is 12.4 Å². The van der Waals surface area contributed by atoms with E-state index in [1.165, 1.54) is 36.4 Å². The molecule has 1 aliphatic carbocycles. The summed E-state index contributed by atoms with van der Waals surface area (Å²) in [4.78, 5) is 39.3. The number of fused-ring (bicyclic) bond motifs is 1. The van der Waals surface area contributed by atoms with Crippen molar-refractivity contribution in [2.75, 3.05) is 31.1 Å². The van der Waals surface area contributed by atoms with Crippen molar-refractivity contribution in [1.29, 1.82) is 0 Å². The van der Waals surface area contributed by atoms with Gasteiger partial charge in [0.15, 0.2) is 0 Å². The van der Waals surface area contributed by atoms with Gasteiger partial charge in [0.2, 0.25) is 5.56 Å². The third kappa shape index (κ3) is 3.14. The topological polar surface area (TPSA) is 82.2 Å². The molecule has 7 nitrogen and oxygen atoms in total. The highest BCUT2D eigenvalue weighted by molar-refractivity contribution is 5.94. The lowest BCUT2D eigenvalue weighted by Gasteiger charge is -2.36. The molecule has 0 spiro atoms. The number of hydrogen-bond acceptors (Lipinski definition) is 5. The fraction of sp³-hybridized carbons (Fsp3) is 0.444. The van der Waals surface area contributed by atoms with Gasteiger partial charge in [0.05, 0.1) is 5.56 Å². The maximum atomic E-state index is 12.5. The van der Waals surface area contributed by atoms with Gasteiger partial charge in [0, 0.05) is 49.7 Å². The Hall–Kier alpha value is -2.70. The van der Waals surface area contributed by atoms with Crippen LogP contribution in [0.1, 0.15) is 34.5 Å². The second-order valence-electron chi connectivity index (χ2n) is 6.55. The normalized spacial score (nSPS) is 17.3. The molecule has 0 saturated carbocycles. The van der Waals surface area contributed by atoms with Crippen LogP contribution in [0.4, 0.5) is 5.82 Å². The zero-order chi connectivity index (χ0) is 17.2. The maximum Gasteiger partial charge on any atom is 0.255 e. The largest absolute Gasteiger partial charge is 0.353 e. The van der Waals surface area contributed by atoms with Crippen LogP contribution in [0.2, 0.25) is 0 Å². The number of aromatic amines is 1. The molecule has 1 aliphatic heterocycles. The summed E-state index contributed by atoms with van der Waals surface area (Å²) < 4.78 is 0. The van der Waals surface area contributed by atoms with Gasteiger partial charge in [-0.25, -0.2) is 9.97 Å². The Balaban J connectivity index is 1.46. The first-order valence-electron chi connectivity index (χ1n) is 8.78. The Bertz CT molecular complexity index is 819. The molecule has 25 heavy (non-hydrogen) atoms.